The van der Waals surface area contributed by atoms with Crippen LogP contribution in [0.2, 0.25) is 0 Å². The van der Waals surface area contributed by atoms with Crippen LogP contribution in [0.5, 0.6) is 11.5 Å². The van der Waals surface area contributed by atoms with Crippen molar-refractivity contribution in [3.63, 3.8) is 0 Å². The van der Waals surface area contributed by atoms with Gasteiger partial charge in [0.2, 0.25) is 0 Å². The highest BCUT2D eigenvalue weighted by Crippen LogP contribution is 2.32. The zero-order chi connectivity index (χ0) is 12.1. The van der Waals surface area contributed by atoms with Crippen LogP contribution >= 0.6 is 15.9 Å². The maximum atomic E-state index is 5.85. The molecule has 0 aromatic heterocycles. The Morgan fingerprint density at radius 3 is 2.65 bits per heavy atom. The van der Waals surface area contributed by atoms with E-state index in [0.29, 0.717) is 6.61 Å². The molecule has 0 saturated heterocycles. The third kappa shape index (κ3) is 3.38. The van der Waals surface area contributed by atoms with Gasteiger partial charge in [-0.1, -0.05) is 28.4 Å². The van der Waals surface area contributed by atoms with Crippen LogP contribution in [0.25, 0.3) is 0 Å². The molecule has 2 rings (SSSR count). The molecule has 17 heavy (non-hydrogen) atoms. The molecule has 0 heterocycles. The Bertz CT molecular complexity index is 361. The summed E-state index contributed by atoms with van der Waals surface area (Å²) in [4.78, 5) is 0. The fraction of sp³-hybridized carbons (Fsp3) is 0.571. The second-order valence-corrected chi connectivity index (χ2v) is 5.02. The van der Waals surface area contributed by atoms with Gasteiger partial charge in [-0.2, -0.15) is 0 Å². The van der Waals surface area contributed by atoms with E-state index in [4.69, 9.17) is 9.47 Å². The highest BCUT2D eigenvalue weighted by molar-refractivity contribution is 9.08. The van der Waals surface area contributed by atoms with E-state index < -0.39 is 0 Å². The molecule has 1 aromatic carbocycles. The average Bonchev–Trinajstić information content (AvgIpc) is 2.29. The van der Waals surface area contributed by atoms with Crippen molar-refractivity contribution in [1.29, 1.82) is 0 Å². The Hall–Kier alpha value is -0.700. The van der Waals surface area contributed by atoms with Gasteiger partial charge >= 0.3 is 0 Å². The topological polar surface area (TPSA) is 18.5 Å². The summed E-state index contributed by atoms with van der Waals surface area (Å²) in [5.74, 6) is 2.49. The molecule has 1 aliphatic carbocycles. The third-order valence-electron chi connectivity index (χ3n) is 3.16. The lowest BCUT2D eigenvalue weighted by atomic mass is 9.86. The largest absolute Gasteiger partial charge is 0.490 e. The number of ether oxygens (including phenoxy) is 2. The molecule has 94 valence electrons. The number of rotatable bonds is 6. The van der Waals surface area contributed by atoms with Crippen LogP contribution in [-0.4, -0.2) is 13.2 Å². The van der Waals surface area contributed by atoms with E-state index in [2.05, 4.69) is 22.0 Å². The van der Waals surface area contributed by atoms with E-state index in [-0.39, 0.29) is 0 Å². The number of alkyl halides is 1. The molecule has 1 fully saturated rings. The monoisotopic (exact) mass is 298 g/mol. The Kier molecular flexibility index (Phi) is 4.72. The fourth-order valence-electron chi connectivity index (χ4n) is 1.89. The van der Waals surface area contributed by atoms with E-state index in [1.165, 1.54) is 24.8 Å². The molecule has 0 atom stereocenters. The smallest absolute Gasteiger partial charge is 0.161 e. The zero-order valence-corrected chi connectivity index (χ0v) is 11.8. The van der Waals surface area contributed by atoms with E-state index >= 15 is 0 Å². The Morgan fingerprint density at radius 1 is 1.24 bits per heavy atom. The maximum absolute atomic E-state index is 5.85. The van der Waals surface area contributed by atoms with Crippen molar-refractivity contribution in [1.82, 2.24) is 0 Å². The Morgan fingerprint density at radius 2 is 2.06 bits per heavy atom. The van der Waals surface area contributed by atoms with Gasteiger partial charge < -0.3 is 9.47 Å². The van der Waals surface area contributed by atoms with Crippen molar-refractivity contribution in [3.05, 3.63) is 23.8 Å². The molecular formula is C14H19BrO2. The van der Waals surface area contributed by atoms with Gasteiger partial charge in [0.05, 0.1) is 13.2 Å². The number of benzene rings is 1. The summed E-state index contributed by atoms with van der Waals surface area (Å²) in [6, 6.07) is 6.14. The molecule has 1 aliphatic rings. The van der Waals surface area contributed by atoms with Crippen LogP contribution in [-0.2, 0) is 5.33 Å². The molecule has 1 saturated carbocycles. The first-order valence-electron chi connectivity index (χ1n) is 6.28. The van der Waals surface area contributed by atoms with Crippen LogP contribution in [0.1, 0.15) is 31.7 Å². The molecule has 2 nitrogen and oxygen atoms in total. The van der Waals surface area contributed by atoms with Gasteiger partial charge in [0.1, 0.15) is 0 Å². The first-order valence-corrected chi connectivity index (χ1v) is 7.40. The van der Waals surface area contributed by atoms with Crippen molar-refractivity contribution < 1.29 is 9.47 Å². The first-order chi connectivity index (χ1) is 8.33. The van der Waals surface area contributed by atoms with Gasteiger partial charge in [-0.05, 0) is 43.4 Å². The van der Waals surface area contributed by atoms with Crippen LogP contribution in [0.15, 0.2) is 18.2 Å². The summed E-state index contributed by atoms with van der Waals surface area (Å²) in [6.45, 7) is 3.50. The van der Waals surface area contributed by atoms with Gasteiger partial charge in [0.15, 0.2) is 11.5 Å². The molecule has 0 unspecified atom stereocenters. The number of halogens is 1. The van der Waals surface area contributed by atoms with Crippen LogP contribution in [0, 0.1) is 5.92 Å². The number of hydrogen-bond acceptors (Lipinski definition) is 2. The van der Waals surface area contributed by atoms with Crippen LogP contribution in [0.3, 0.4) is 0 Å². The third-order valence-corrected chi connectivity index (χ3v) is 3.81. The first kappa shape index (κ1) is 12.7. The van der Waals surface area contributed by atoms with Crippen LogP contribution in [0.4, 0.5) is 0 Å². The maximum Gasteiger partial charge on any atom is 0.161 e. The number of hydrogen-bond donors (Lipinski definition) is 0. The summed E-state index contributed by atoms with van der Waals surface area (Å²) in [7, 11) is 0. The molecule has 0 radical (unpaired) electrons. The standard InChI is InChI=1S/C14H19BrO2/c1-2-16-14-8-12(9-15)6-7-13(14)17-10-11-4-3-5-11/h6-8,11H,2-5,9-10H2,1H3. The SMILES string of the molecule is CCOc1cc(CBr)ccc1OCC1CCC1. The molecular weight excluding hydrogens is 280 g/mol. The second kappa shape index (κ2) is 6.29. The molecule has 0 bridgehead atoms. The highest BCUT2D eigenvalue weighted by atomic mass is 79.9. The minimum Gasteiger partial charge on any atom is -0.490 e. The normalized spacial score (nSPS) is 15.4. The van der Waals surface area contributed by atoms with Gasteiger partial charge in [-0.15, -0.1) is 0 Å². The van der Waals surface area contributed by atoms with Crippen molar-refractivity contribution in [2.45, 2.75) is 31.5 Å². The lowest BCUT2D eigenvalue weighted by Gasteiger charge is -2.25. The van der Waals surface area contributed by atoms with E-state index in [1.807, 2.05) is 19.1 Å². The predicted octanol–water partition coefficient (Wildman–Crippen LogP) is 4.16. The molecule has 0 spiro atoms. The Labute approximate surface area is 111 Å². The highest BCUT2D eigenvalue weighted by Gasteiger charge is 2.18. The zero-order valence-electron chi connectivity index (χ0n) is 10.2. The van der Waals surface area contributed by atoms with Crippen LogP contribution < -0.4 is 9.47 Å². The minimum atomic E-state index is 0.672. The van der Waals surface area contributed by atoms with Crippen molar-refractivity contribution in [3.8, 4) is 11.5 Å². The second-order valence-electron chi connectivity index (χ2n) is 4.46. The van der Waals surface area contributed by atoms with Gasteiger partial charge in [0.25, 0.3) is 0 Å². The molecule has 3 heteroatoms. The van der Waals surface area contributed by atoms with Gasteiger partial charge in [0, 0.05) is 5.33 Å². The predicted molar refractivity (Wildman–Crippen MR) is 73.1 cm³/mol. The van der Waals surface area contributed by atoms with E-state index in [1.54, 1.807) is 0 Å². The minimum absolute atomic E-state index is 0.672. The summed E-state index contributed by atoms with van der Waals surface area (Å²) in [5.41, 5.74) is 1.21. The van der Waals surface area contributed by atoms with Crippen molar-refractivity contribution in [2.24, 2.45) is 5.92 Å². The molecule has 0 N–H and O–H groups in total. The molecule has 0 aliphatic heterocycles. The fourth-order valence-corrected chi connectivity index (χ4v) is 2.24. The average molecular weight is 299 g/mol. The van der Waals surface area contributed by atoms with Crippen molar-refractivity contribution in [2.75, 3.05) is 13.2 Å². The van der Waals surface area contributed by atoms with E-state index in [0.717, 1.165) is 29.4 Å². The summed E-state index contributed by atoms with van der Waals surface area (Å²) < 4.78 is 11.5. The quantitative estimate of drug-likeness (QED) is 0.734. The van der Waals surface area contributed by atoms with Gasteiger partial charge in [-0.25, -0.2) is 0 Å². The summed E-state index contributed by atoms with van der Waals surface area (Å²) in [5, 5.41) is 0.843. The molecule has 1 aromatic rings. The summed E-state index contributed by atoms with van der Waals surface area (Å²) in [6.07, 6.45) is 3.97. The Balaban J connectivity index is 2.02. The lowest BCUT2D eigenvalue weighted by Crippen LogP contribution is -2.19. The van der Waals surface area contributed by atoms with Crippen molar-refractivity contribution >= 4 is 15.9 Å². The van der Waals surface area contributed by atoms with E-state index in [9.17, 15) is 0 Å². The lowest BCUT2D eigenvalue weighted by molar-refractivity contribution is 0.174. The molecule has 0 amide bonds. The van der Waals surface area contributed by atoms with Gasteiger partial charge in [-0.3, -0.25) is 0 Å². The summed E-state index contributed by atoms with van der Waals surface area (Å²) >= 11 is 3.45.